The Morgan fingerprint density at radius 3 is 2.21 bits per heavy atom. The van der Waals surface area contributed by atoms with Crippen molar-refractivity contribution in [1.82, 2.24) is 4.90 Å². The summed E-state index contributed by atoms with van der Waals surface area (Å²) in [6, 6.07) is 0. The zero-order valence-electron chi connectivity index (χ0n) is 9.53. The van der Waals surface area contributed by atoms with Crippen molar-refractivity contribution in [3.63, 3.8) is 0 Å². The first-order valence-electron chi connectivity index (χ1n) is 4.60. The van der Waals surface area contributed by atoms with Crippen LogP contribution in [0.1, 0.15) is 27.7 Å². The normalized spacial score (nSPS) is 13.5. The molecule has 0 N–H and O–H groups in total. The van der Waals surface area contributed by atoms with Crippen molar-refractivity contribution in [2.45, 2.75) is 27.7 Å². The predicted octanol–water partition coefficient (Wildman–Crippen LogP) is 2.36. The van der Waals surface area contributed by atoms with Crippen molar-refractivity contribution in [2.24, 2.45) is 4.99 Å². The van der Waals surface area contributed by atoms with Crippen LogP contribution in [0.4, 0.5) is 0 Å². The Morgan fingerprint density at radius 1 is 1.29 bits per heavy atom. The van der Waals surface area contributed by atoms with Gasteiger partial charge in [-0.2, -0.15) is 0 Å². The molecule has 0 spiro atoms. The van der Waals surface area contributed by atoms with E-state index in [4.69, 9.17) is 0 Å². The highest BCUT2D eigenvalue weighted by atomic mass is 16.2. The lowest BCUT2D eigenvalue weighted by Gasteiger charge is -2.15. The Kier molecular flexibility index (Phi) is 5.53. The lowest BCUT2D eigenvalue weighted by molar-refractivity contribution is -0.125. The van der Waals surface area contributed by atoms with E-state index in [1.54, 1.807) is 18.2 Å². The van der Waals surface area contributed by atoms with Gasteiger partial charge in [-0.3, -0.25) is 9.79 Å². The molecular weight excluding hydrogens is 176 g/mol. The van der Waals surface area contributed by atoms with Gasteiger partial charge in [-0.1, -0.05) is 6.08 Å². The van der Waals surface area contributed by atoms with Gasteiger partial charge in [-0.25, -0.2) is 0 Å². The molecule has 1 amide bonds. The third-order valence-corrected chi connectivity index (χ3v) is 1.84. The Labute approximate surface area is 85.8 Å². The number of likely N-dealkylation sites (N-methyl/N-ethyl adjacent to an activating group) is 1. The van der Waals surface area contributed by atoms with Gasteiger partial charge >= 0.3 is 0 Å². The molecule has 3 nitrogen and oxygen atoms in total. The van der Waals surface area contributed by atoms with Gasteiger partial charge in [0.05, 0.1) is 0 Å². The lowest BCUT2D eigenvalue weighted by Crippen LogP contribution is -2.22. The van der Waals surface area contributed by atoms with Crippen LogP contribution in [0, 0.1) is 0 Å². The second-order valence-electron chi connectivity index (χ2n) is 2.96. The van der Waals surface area contributed by atoms with Crippen molar-refractivity contribution in [2.75, 3.05) is 7.05 Å². The maximum atomic E-state index is 11.1. The quantitative estimate of drug-likeness (QED) is 0.501. The Morgan fingerprint density at radius 2 is 1.86 bits per heavy atom. The molecule has 0 fully saturated rings. The van der Waals surface area contributed by atoms with E-state index < -0.39 is 0 Å². The molecule has 0 aliphatic carbocycles. The van der Waals surface area contributed by atoms with Gasteiger partial charge in [0.25, 0.3) is 0 Å². The van der Waals surface area contributed by atoms with Crippen LogP contribution >= 0.6 is 0 Å². The minimum absolute atomic E-state index is 0.0163. The molecule has 0 aliphatic heterocycles. The summed E-state index contributed by atoms with van der Waals surface area (Å²) in [6.45, 7) is 7.20. The summed E-state index contributed by atoms with van der Waals surface area (Å²) in [7, 11) is 1.75. The zero-order chi connectivity index (χ0) is 11.1. The van der Waals surface area contributed by atoms with Crippen LogP contribution in [0.3, 0.4) is 0 Å². The second-order valence-corrected chi connectivity index (χ2v) is 2.96. The first-order chi connectivity index (χ1) is 6.52. The fourth-order valence-corrected chi connectivity index (χ4v) is 1.01. The van der Waals surface area contributed by atoms with Crippen molar-refractivity contribution >= 4 is 12.1 Å². The van der Waals surface area contributed by atoms with Gasteiger partial charge in [-0.05, 0) is 26.8 Å². The summed E-state index contributed by atoms with van der Waals surface area (Å²) in [5.74, 6) is 0.0163. The van der Waals surface area contributed by atoms with E-state index in [0.29, 0.717) is 0 Å². The molecule has 0 radical (unpaired) electrons. The number of aliphatic imine (C=N–C) groups is 1. The molecule has 0 bridgehead atoms. The SMILES string of the molecule is C\C=N/C(C)=C\C(=C/C)N(C)C(C)=O. The molecule has 14 heavy (non-hydrogen) atoms. The summed E-state index contributed by atoms with van der Waals surface area (Å²) < 4.78 is 0. The van der Waals surface area contributed by atoms with E-state index >= 15 is 0 Å². The number of amides is 1. The average molecular weight is 194 g/mol. The van der Waals surface area contributed by atoms with Gasteiger partial charge in [-0.15, -0.1) is 0 Å². The Bertz CT molecular complexity index is 288. The van der Waals surface area contributed by atoms with Gasteiger partial charge < -0.3 is 4.90 Å². The Balaban J connectivity index is 4.77. The molecule has 0 saturated carbocycles. The van der Waals surface area contributed by atoms with Crippen molar-refractivity contribution < 1.29 is 4.79 Å². The molecular formula is C11H18N2O. The largest absolute Gasteiger partial charge is 0.316 e. The molecule has 0 aromatic heterocycles. The number of nitrogens with zero attached hydrogens (tertiary/aromatic N) is 2. The average Bonchev–Trinajstić information content (AvgIpc) is 2.13. The third-order valence-electron chi connectivity index (χ3n) is 1.84. The maximum absolute atomic E-state index is 11.1. The minimum Gasteiger partial charge on any atom is -0.316 e. The van der Waals surface area contributed by atoms with Gasteiger partial charge in [0.2, 0.25) is 5.91 Å². The number of carbonyl (C=O) groups is 1. The number of rotatable bonds is 3. The summed E-state index contributed by atoms with van der Waals surface area (Å²) in [5.41, 5.74) is 1.74. The fourth-order valence-electron chi connectivity index (χ4n) is 1.01. The highest BCUT2D eigenvalue weighted by Gasteiger charge is 2.04. The highest BCUT2D eigenvalue weighted by molar-refractivity contribution is 5.75. The number of allylic oxidation sites excluding steroid dienone is 3. The van der Waals surface area contributed by atoms with Gasteiger partial charge in [0.1, 0.15) is 0 Å². The van der Waals surface area contributed by atoms with Crippen LogP contribution < -0.4 is 0 Å². The number of carbonyl (C=O) groups excluding carboxylic acids is 1. The summed E-state index contributed by atoms with van der Waals surface area (Å²) in [4.78, 5) is 16.8. The molecule has 0 heterocycles. The monoisotopic (exact) mass is 194 g/mol. The molecule has 0 aromatic carbocycles. The van der Waals surface area contributed by atoms with E-state index in [-0.39, 0.29) is 5.91 Å². The van der Waals surface area contributed by atoms with Crippen LogP contribution in [0.2, 0.25) is 0 Å². The molecule has 0 aromatic rings. The minimum atomic E-state index is 0.0163. The van der Waals surface area contributed by atoms with E-state index in [1.165, 1.54) is 6.92 Å². The lowest BCUT2D eigenvalue weighted by atomic mass is 10.3. The first-order valence-corrected chi connectivity index (χ1v) is 4.60. The number of hydrogen-bond donors (Lipinski definition) is 0. The third kappa shape index (κ3) is 4.03. The first kappa shape index (κ1) is 12.6. The molecule has 3 heteroatoms. The number of hydrogen-bond acceptors (Lipinski definition) is 2. The van der Waals surface area contributed by atoms with Crippen molar-refractivity contribution in [3.8, 4) is 0 Å². The van der Waals surface area contributed by atoms with Crippen LogP contribution in [-0.2, 0) is 4.79 Å². The maximum Gasteiger partial charge on any atom is 0.223 e. The van der Waals surface area contributed by atoms with Crippen molar-refractivity contribution in [1.29, 1.82) is 0 Å². The van der Waals surface area contributed by atoms with Crippen molar-refractivity contribution in [3.05, 3.63) is 23.5 Å². The van der Waals surface area contributed by atoms with E-state index in [2.05, 4.69) is 4.99 Å². The second kappa shape index (κ2) is 6.13. The fraction of sp³-hybridized carbons (Fsp3) is 0.455. The predicted molar refractivity (Wildman–Crippen MR) is 60.1 cm³/mol. The smallest absolute Gasteiger partial charge is 0.223 e. The highest BCUT2D eigenvalue weighted by Crippen LogP contribution is 2.07. The van der Waals surface area contributed by atoms with Crippen LogP contribution in [-0.4, -0.2) is 24.1 Å². The summed E-state index contributed by atoms with van der Waals surface area (Å²) in [6.07, 6.45) is 5.49. The van der Waals surface area contributed by atoms with E-state index in [1.807, 2.05) is 32.9 Å². The van der Waals surface area contributed by atoms with E-state index in [9.17, 15) is 4.79 Å². The Hall–Kier alpha value is -1.38. The standard InChI is InChI=1S/C11H18N2O/c1-6-11(13(5)10(4)14)8-9(3)12-7-2/h6-8H,1-5H3/b9-8-,11-6+,12-7-. The van der Waals surface area contributed by atoms with E-state index in [0.717, 1.165) is 11.4 Å². The molecule has 0 atom stereocenters. The zero-order valence-corrected chi connectivity index (χ0v) is 9.53. The molecule has 0 aliphatic rings. The molecule has 78 valence electrons. The summed E-state index contributed by atoms with van der Waals surface area (Å²) >= 11 is 0. The van der Waals surface area contributed by atoms with Gasteiger partial charge in [0, 0.05) is 31.6 Å². The van der Waals surface area contributed by atoms with Crippen LogP contribution in [0.5, 0.6) is 0 Å². The summed E-state index contributed by atoms with van der Waals surface area (Å²) in [5, 5.41) is 0. The molecule has 0 unspecified atom stereocenters. The van der Waals surface area contributed by atoms with Gasteiger partial charge in [0.15, 0.2) is 0 Å². The molecule has 0 rings (SSSR count). The van der Waals surface area contributed by atoms with Crippen LogP contribution in [0.15, 0.2) is 28.5 Å². The van der Waals surface area contributed by atoms with Crippen LogP contribution in [0.25, 0.3) is 0 Å². The molecule has 0 saturated heterocycles. The topological polar surface area (TPSA) is 32.7 Å².